The van der Waals surface area contributed by atoms with Crippen molar-refractivity contribution >= 4 is 17.3 Å². The number of carbonyl (C=O) groups is 1. The van der Waals surface area contributed by atoms with Crippen LogP contribution in [0.25, 0.3) is 0 Å². The zero-order valence-corrected chi connectivity index (χ0v) is 17.2. The van der Waals surface area contributed by atoms with Crippen LogP contribution in [0.1, 0.15) is 49.9 Å². The third-order valence-corrected chi connectivity index (χ3v) is 6.67. The van der Waals surface area contributed by atoms with E-state index < -0.39 is 0 Å². The third-order valence-electron chi connectivity index (χ3n) is 6.67. The van der Waals surface area contributed by atoms with Crippen molar-refractivity contribution in [3.63, 3.8) is 0 Å². The fourth-order valence-electron chi connectivity index (χ4n) is 5.24. The van der Waals surface area contributed by atoms with Gasteiger partial charge >= 0.3 is 0 Å². The highest BCUT2D eigenvalue weighted by Crippen LogP contribution is 2.50. The van der Waals surface area contributed by atoms with E-state index in [4.69, 9.17) is 4.74 Å². The molecule has 0 aromatic heterocycles. The molecule has 2 aromatic carbocycles. The van der Waals surface area contributed by atoms with Crippen molar-refractivity contribution in [2.75, 3.05) is 18.0 Å². The molecule has 1 N–H and O–H groups in total. The van der Waals surface area contributed by atoms with E-state index in [1.807, 2.05) is 43.0 Å². The molecule has 3 atom stereocenters. The van der Waals surface area contributed by atoms with E-state index in [1.54, 1.807) is 0 Å². The number of nitrogens with one attached hydrogen (secondary N) is 1. The summed E-state index contributed by atoms with van der Waals surface area (Å²) in [5, 5.41) is 3.75. The summed E-state index contributed by atoms with van der Waals surface area (Å²) in [6.45, 7) is 5.44. The van der Waals surface area contributed by atoms with Gasteiger partial charge in [0.2, 0.25) is 0 Å². The molecule has 2 fully saturated rings. The summed E-state index contributed by atoms with van der Waals surface area (Å²) in [6.07, 6.45) is 4.84. The molecular weight excluding hydrogens is 362 g/mol. The van der Waals surface area contributed by atoms with Gasteiger partial charge in [-0.2, -0.15) is 0 Å². The summed E-state index contributed by atoms with van der Waals surface area (Å²) in [5.41, 5.74) is 2.90. The van der Waals surface area contributed by atoms with Crippen molar-refractivity contribution < 1.29 is 9.53 Å². The number of nitrogens with zero attached hydrogens (tertiary/aromatic N) is 2. The topological polar surface area (TPSA) is 44.8 Å². The van der Waals surface area contributed by atoms with Gasteiger partial charge in [-0.25, -0.2) is 0 Å². The number of para-hydroxylation sites is 2. The molecule has 0 spiro atoms. The highest BCUT2D eigenvalue weighted by Gasteiger charge is 2.39. The Balaban J connectivity index is 1.54. The lowest BCUT2D eigenvalue weighted by Gasteiger charge is -2.42. The van der Waals surface area contributed by atoms with Crippen LogP contribution < -0.4 is 15.0 Å². The van der Waals surface area contributed by atoms with Crippen molar-refractivity contribution in [2.45, 2.75) is 57.7 Å². The van der Waals surface area contributed by atoms with Gasteiger partial charge in [-0.05, 0) is 69.9 Å². The summed E-state index contributed by atoms with van der Waals surface area (Å²) in [5.74, 6) is 1.72. The molecule has 5 rings (SSSR count). The predicted molar refractivity (Wildman–Crippen MR) is 115 cm³/mol. The molecular formula is C24H29N3O2. The van der Waals surface area contributed by atoms with E-state index in [2.05, 4.69) is 28.4 Å². The predicted octanol–water partition coefficient (Wildman–Crippen LogP) is 4.70. The van der Waals surface area contributed by atoms with Crippen LogP contribution in [0.5, 0.6) is 11.5 Å². The largest absolute Gasteiger partial charge is 0.453 e. The van der Waals surface area contributed by atoms with Crippen LogP contribution in [-0.4, -0.2) is 42.0 Å². The van der Waals surface area contributed by atoms with E-state index in [9.17, 15) is 4.79 Å². The number of carbonyl (C=O) groups excluding carboxylic acids is 1. The Bertz CT molecular complexity index is 912. The third kappa shape index (κ3) is 3.18. The van der Waals surface area contributed by atoms with Crippen molar-refractivity contribution in [3.05, 3.63) is 48.0 Å². The lowest BCUT2D eigenvalue weighted by atomic mass is 9.95. The quantitative estimate of drug-likeness (QED) is 0.821. The monoisotopic (exact) mass is 391 g/mol. The molecule has 0 unspecified atom stereocenters. The lowest BCUT2D eigenvalue weighted by molar-refractivity contribution is 0.0772. The second-order valence-corrected chi connectivity index (χ2v) is 8.36. The number of amides is 1. The van der Waals surface area contributed by atoms with Gasteiger partial charge in [-0.15, -0.1) is 0 Å². The molecule has 29 heavy (non-hydrogen) atoms. The van der Waals surface area contributed by atoms with Crippen LogP contribution in [0, 0.1) is 0 Å². The van der Waals surface area contributed by atoms with E-state index in [1.165, 1.54) is 12.8 Å². The molecule has 1 amide bonds. The summed E-state index contributed by atoms with van der Waals surface area (Å²) in [7, 11) is 0. The maximum absolute atomic E-state index is 12.9. The number of hydrogen-bond acceptors (Lipinski definition) is 4. The van der Waals surface area contributed by atoms with Crippen molar-refractivity contribution in [2.24, 2.45) is 0 Å². The van der Waals surface area contributed by atoms with Gasteiger partial charge in [-0.3, -0.25) is 4.79 Å². The highest BCUT2D eigenvalue weighted by molar-refractivity contribution is 5.96. The summed E-state index contributed by atoms with van der Waals surface area (Å²) in [6, 6.07) is 15.9. The van der Waals surface area contributed by atoms with Crippen LogP contribution >= 0.6 is 0 Å². The summed E-state index contributed by atoms with van der Waals surface area (Å²) < 4.78 is 6.28. The maximum atomic E-state index is 12.9. The van der Waals surface area contributed by atoms with Gasteiger partial charge in [0.25, 0.3) is 5.91 Å². The Kier molecular flexibility index (Phi) is 4.70. The molecule has 3 aliphatic rings. The summed E-state index contributed by atoms with van der Waals surface area (Å²) in [4.78, 5) is 17.2. The number of rotatable bonds is 4. The van der Waals surface area contributed by atoms with Crippen molar-refractivity contribution in [1.29, 1.82) is 0 Å². The molecule has 2 aromatic rings. The first kappa shape index (κ1) is 18.5. The molecule has 2 bridgehead atoms. The molecule has 5 nitrogen and oxygen atoms in total. The molecule has 0 saturated carbocycles. The number of fused-ring (bicyclic) bond motifs is 4. The van der Waals surface area contributed by atoms with Gasteiger partial charge < -0.3 is 19.9 Å². The van der Waals surface area contributed by atoms with Crippen LogP contribution in [0.15, 0.2) is 42.5 Å². The number of anilines is 2. The first-order valence-electron chi connectivity index (χ1n) is 10.9. The van der Waals surface area contributed by atoms with E-state index in [0.29, 0.717) is 36.8 Å². The Morgan fingerprint density at radius 2 is 1.72 bits per heavy atom. The standard InChI is InChI=1S/C24H29N3O2/c1-3-26(4-2)24(28)16-9-12-21-23(13-16)29-22-8-6-5-7-20(22)27(21)19-14-17-10-11-18(15-19)25-17/h5-9,12-13,17-19,25H,3-4,10-11,14-15H2,1-2H3/t17-,18+,19-. The minimum absolute atomic E-state index is 0.0618. The number of ether oxygens (including phenoxy) is 1. The Labute approximate surface area is 172 Å². The number of benzene rings is 2. The SMILES string of the molecule is CCN(CC)C(=O)c1ccc2c(c1)Oc1ccccc1N2[C@@H]1C[C@H]2CC[C@@H](C1)N2. The van der Waals surface area contributed by atoms with Crippen molar-refractivity contribution in [3.8, 4) is 11.5 Å². The van der Waals surface area contributed by atoms with Crippen molar-refractivity contribution in [1.82, 2.24) is 10.2 Å². The van der Waals surface area contributed by atoms with Gasteiger partial charge in [0.05, 0.1) is 11.4 Å². The molecule has 0 aliphatic carbocycles. The highest BCUT2D eigenvalue weighted by atomic mass is 16.5. The average molecular weight is 392 g/mol. The van der Waals surface area contributed by atoms with Crippen LogP contribution in [0.3, 0.4) is 0 Å². The second-order valence-electron chi connectivity index (χ2n) is 8.36. The maximum Gasteiger partial charge on any atom is 0.253 e. The first-order chi connectivity index (χ1) is 14.2. The van der Waals surface area contributed by atoms with Gasteiger partial charge in [-0.1, -0.05) is 12.1 Å². The molecule has 2 saturated heterocycles. The molecule has 5 heteroatoms. The van der Waals surface area contributed by atoms with Crippen LogP contribution in [0.4, 0.5) is 11.4 Å². The smallest absolute Gasteiger partial charge is 0.253 e. The molecule has 152 valence electrons. The molecule has 0 radical (unpaired) electrons. The number of hydrogen-bond donors (Lipinski definition) is 1. The van der Waals surface area contributed by atoms with Gasteiger partial charge in [0.15, 0.2) is 11.5 Å². The van der Waals surface area contributed by atoms with E-state index >= 15 is 0 Å². The minimum Gasteiger partial charge on any atom is -0.453 e. The van der Waals surface area contributed by atoms with Gasteiger partial charge in [0, 0.05) is 36.8 Å². The Morgan fingerprint density at radius 3 is 2.45 bits per heavy atom. The normalized spacial score (nSPS) is 24.5. The van der Waals surface area contributed by atoms with Gasteiger partial charge in [0.1, 0.15) is 0 Å². The van der Waals surface area contributed by atoms with Crippen LogP contribution in [-0.2, 0) is 0 Å². The summed E-state index contributed by atoms with van der Waals surface area (Å²) >= 11 is 0. The van der Waals surface area contributed by atoms with Crippen LogP contribution in [0.2, 0.25) is 0 Å². The molecule has 3 aliphatic heterocycles. The fourth-order valence-corrected chi connectivity index (χ4v) is 5.24. The minimum atomic E-state index is 0.0618. The van der Waals surface area contributed by atoms with E-state index in [-0.39, 0.29) is 5.91 Å². The first-order valence-corrected chi connectivity index (χ1v) is 10.9. The Morgan fingerprint density at radius 1 is 1.03 bits per heavy atom. The van der Waals surface area contributed by atoms with E-state index in [0.717, 1.165) is 35.7 Å². The lowest BCUT2D eigenvalue weighted by Crippen LogP contribution is -2.47. The number of piperidine rings is 1. The zero-order chi connectivity index (χ0) is 20.0. The molecule has 3 heterocycles. The average Bonchev–Trinajstić information content (AvgIpc) is 3.09. The second kappa shape index (κ2) is 7.38. The fraction of sp³-hybridized carbons (Fsp3) is 0.458. The Hall–Kier alpha value is -2.53. The zero-order valence-electron chi connectivity index (χ0n) is 17.2.